The molecule has 0 heterocycles. The molecule has 0 bridgehead atoms. The van der Waals surface area contributed by atoms with Crippen molar-refractivity contribution in [2.45, 2.75) is 57.6 Å². The summed E-state index contributed by atoms with van der Waals surface area (Å²) in [4.78, 5) is 26.2. The number of benzene rings is 1. The SMILES string of the molecule is CC(CN(C)C(=O)C1(c2ccccc2F)CC1)NC(=O)OC(C)(C)C. The number of rotatable bonds is 5. The van der Waals surface area contributed by atoms with Gasteiger partial charge in [0.1, 0.15) is 11.4 Å². The summed E-state index contributed by atoms with van der Waals surface area (Å²) in [6.07, 6.45) is 0.770. The van der Waals surface area contributed by atoms with Crippen molar-refractivity contribution in [1.82, 2.24) is 10.2 Å². The van der Waals surface area contributed by atoms with Crippen molar-refractivity contribution in [2.24, 2.45) is 0 Å². The highest BCUT2D eigenvalue weighted by atomic mass is 19.1. The Labute approximate surface area is 148 Å². The maximum absolute atomic E-state index is 14.1. The number of nitrogens with zero attached hydrogens (tertiary/aromatic N) is 1. The lowest BCUT2D eigenvalue weighted by molar-refractivity contribution is -0.133. The molecular weight excluding hydrogens is 323 g/mol. The molecule has 138 valence electrons. The predicted molar refractivity (Wildman–Crippen MR) is 93.8 cm³/mol. The summed E-state index contributed by atoms with van der Waals surface area (Å²) in [5.41, 5.74) is -0.875. The number of hydrogen-bond donors (Lipinski definition) is 1. The first-order valence-corrected chi connectivity index (χ1v) is 8.55. The van der Waals surface area contributed by atoms with Gasteiger partial charge in [0.2, 0.25) is 5.91 Å². The van der Waals surface area contributed by atoms with Crippen LogP contribution in [0.2, 0.25) is 0 Å². The standard InChI is InChI=1S/C19H27FN2O3/c1-13(21-17(24)25-18(2,3)4)12-22(5)16(23)19(10-11-19)14-8-6-7-9-15(14)20/h6-9,13H,10-12H2,1-5H3,(H,21,24). The van der Waals surface area contributed by atoms with Crippen molar-refractivity contribution in [1.29, 1.82) is 0 Å². The zero-order valence-corrected chi connectivity index (χ0v) is 15.6. The molecule has 1 aliphatic rings. The topological polar surface area (TPSA) is 58.6 Å². The molecule has 0 saturated heterocycles. The lowest BCUT2D eigenvalue weighted by Gasteiger charge is -2.28. The second-order valence-electron chi connectivity index (χ2n) is 7.79. The third-order valence-corrected chi connectivity index (χ3v) is 4.21. The summed E-state index contributed by atoms with van der Waals surface area (Å²) >= 11 is 0. The van der Waals surface area contributed by atoms with Gasteiger partial charge in [0.25, 0.3) is 0 Å². The largest absolute Gasteiger partial charge is 0.444 e. The molecule has 2 rings (SSSR count). The summed E-state index contributed by atoms with van der Waals surface area (Å²) in [7, 11) is 1.68. The van der Waals surface area contributed by atoms with E-state index in [1.807, 2.05) is 0 Å². The van der Waals surface area contributed by atoms with Gasteiger partial charge >= 0.3 is 6.09 Å². The molecule has 0 aliphatic heterocycles. The van der Waals surface area contributed by atoms with E-state index in [0.29, 0.717) is 24.9 Å². The first-order chi connectivity index (χ1) is 11.5. The summed E-state index contributed by atoms with van der Waals surface area (Å²) < 4.78 is 19.3. The predicted octanol–water partition coefficient (Wildman–Crippen LogP) is 3.23. The van der Waals surface area contributed by atoms with E-state index in [4.69, 9.17) is 4.74 Å². The number of halogens is 1. The van der Waals surface area contributed by atoms with Crippen molar-refractivity contribution in [3.05, 3.63) is 35.6 Å². The van der Waals surface area contributed by atoms with Gasteiger partial charge in [-0.05, 0) is 46.6 Å². The first-order valence-electron chi connectivity index (χ1n) is 8.55. The molecule has 1 aromatic carbocycles. The molecule has 25 heavy (non-hydrogen) atoms. The number of likely N-dealkylation sites (N-methyl/N-ethyl adjacent to an activating group) is 1. The molecule has 1 saturated carbocycles. The molecule has 1 unspecified atom stereocenters. The monoisotopic (exact) mass is 350 g/mol. The normalized spacial score (nSPS) is 16.7. The Bertz CT molecular complexity index is 650. The van der Waals surface area contributed by atoms with Gasteiger partial charge in [-0.1, -0.05) is 18.2 Å². The van der Waals surface area contributed by atoms with E-state index in [1.165, 1.54) is 6.07 Å². The number of nitrogens with one attached hydrogen (secondary N) is 1. The minimum Gasteiger partial charge on any atom is -0.444 e. The van der Waals surface area contributed by atoms with Crippen molar-refractivity contribution >= 4 is 12.0 Å². The molecule has 1 N–H and O–H groups in total. The lowest BCUT2D eigenvalue weighted by atomic mass is 9.93. The van der Waals surface area contributed by atoms with Crippen LogP contribution in [0.15, 0.2) is 24.3 Å². The first kappa shape index (κ1) is 19.2. The second-order valence-corrected chi connectivity index (χ2v) is 7.79. The number of carbonyl (C=O) groups excluding carboxylic acids is 2. The number of carbonyl (C=O) groups is 2. The average Bonchev–Trinajstić information content (AvgIpc) is 3.26. The number of amides is 2. The van der Waals surface area contributed by atoms with Crippen LogP contribution in [-0.2, 0) is 14.9 Å². The summed E-state index contributed by atoms with van der Waals surface area (Å²) in [6.45, 7) is 7.50. The van der Waals surface area contributed by atoms with Gasteiger partial charge in [0.15, 0.2) is 0 Å². The van der Waals surface area contributed by atoms with E-state index in [-0.39, 0.29) is 17.8 Å². The Hall–Kier alpha value is -2.11. The molecule has 6 heteroatoms. The van der Waals surface area contributed by atoms with Crippen molar-refractivity contribution in [3.8, 4) is 0 Å². The van der Waals surface area contributed by atoms with E-state index in [0.717, 1.165) is 0 Å². The van der Waals surface area contributed by atoms with Gasteiger partial charge in [-0.2, -0.15) is 0 Å². The number of alkyl carbamates (subject to hydrolysis) is 1. The van der Waals surface area contributed by atoms with Crippen molar-refractivity contribution in [3.63, 3.8) is 0 Å². The van der Waals surface area contributed by atoms with Crippen LogP contribution in [0.25, 0.3) is 0 Å². The van der Waals surface area contributed by atoms with Crippen LogP contribution in [0.1, 0.15) is 46.1 Å². The Balaban J connectivity index is 1.97. The lowest BCUT2D eigenvalue weighted by Crippen LogP contribution is -2.46. The number of ether oxygens (including phenoxy) is 1. The van der Waals surface area contributed by atoms with Crippen LogP contribution in [-0.4, -0.2) is 42.1 Å². The fourth-order valence-electron chi connectivity index (χ4n) is 2.99. The minimum atomic E-state index is -0.758. The van der Waals surface area contributed by atoms with E-state index in [9.17, 15) is 14.0 Å². The third kappa shape index (κ3) is 4.71. The molecule has 1 fully saturated rings. The number of hydrogen-bond acceptors (Lipinski definition) is 3. The Morgan fingerprint density at radius 2 is 1.92 bits per heavy atom. The zero-order chi connectivity index (χ0) is 18.8. The van der Waals surface area contributed by atoms with E-state index < -0.39 is 17.1 Å². The van der Waals surface area contributed by atoms with Gasteiger partial charge in [-0.3, -0.25) is 4.79 Å². The molecule has 5 nitrogen and oxygen atoms in total. The van der Waals surface area contributed by atoms with E-state index >= 15 is 0 Å². The van der Waals surface area contributed by atoms with Gasteiger partial charge in [0.05, 0.1) is 5.41 Å². The van der Waals surface area contributed by atoms with Gasteiger partial charge in [0, 0.05) is 25.2 Å². The Morgan fingerprint density at radius 1 is 1.32 bits per heavy atom. The minimum absolute atomic E-state index is 0.115. The van der Waals surface area contributed by atoms with Crippen LogP contribution in [0.3, 0.4) is 0 Å². The van der Waals surface area contributed by atoms with Gasteiger partial charge in [-0.25, -0.2) is 9.18 Å². The molecule has 1 aromatic rings. The van der Waals surface area contributed by atoms with Crippen LogP contribution >= 0.6 is 0 Å². The van der Waals surface area contributed by atoms with Crippen molar-refractivity contribution in [2.75, 3.05) is 13.6 Å². The summed E-state index contributed by atoms with van der Waals surface area (Å²) in [5, 5.41) is 2.72. The summed E-state index contributed by atoms with van der Waals surface area (Å²) in [6, 6.07) is 6.15. The maximum Gasteiger partial charge on any atom is 0.407 e. The Kier molecular flexibility index (Phi) is 5.40. The third-order valence-electron chi connectivity index (χ3n) is 4.21. The molecule has 0 radical (unpaired) electrons. The van der Waals surface area contributed by atoms with Crippen LogP contribution in [0.5, 0.6) is 0 Å². The quantitative estimate of drug-likeness (QED) is 0.887. The highest BCUT2D eigenvalue weighted by Gasteiger charge is 2.53. The van der Waals surface area contributed by atoms with Crippen LogP contribution < -0.4 is 5.32 Å². The summed E-state index contributed by atoms with van der Waals surface area (Å²) in [5.74, 6) is -0.461. The van der Waals surface area contributed by atoms with Gasteiger partial charge in [-0.15, -0.1) is 0 Å². The highest BCUT2D eigenvalue weighted by molar-refractivity contribution is 5.91. The van der Waals surface area contributed by atoms with Crippen LogP contribution in [0, 0.1) is 5.82 Å². The highest BCUT2D eigenvalue weighted by Crippen LogP contribution is 2.50. The molecule has 2 amide bonds. The molecular formula is C19H27FN2O3. The van der Waals surface area contributed by atoms with Crippen molar-refractivity contribution < 1.29 is 18.7 Å². The molecule has 1 aliphatic carbocycles. The zero-order valence-electron chi connectivity index (χ0n) is 15.6. The van der Waals surface area contributed by atoms with Gasteiger partial charge < -0.3 is 15.0 Å². The maximum atomic E-state index is 14.1. The van der Waals surface area contributed by atoms with Crippen LogP contribution in [0.4, 0.5) is 9.18 Å². The molecule has 0 spiro atoms. The fraction of sp³-hybridized carbons (Fsp3) is 0.579. The second kappa shape index (κ2) is 7.02. The molecule has 1 atom stereocenters. The van der Waals surface area contributed by atoms with E-state index in [1.54, 1.807) is 57.8 Å². The Morgan fingerprint density at radius 3 is 2.44 bits per heavy atom. The van der Waals surface area contributed by atoms with E-state index in [2.05, 4.69) is 5.32 Å². The average molecular weight is 350 g/mol. The fourth-order valence-corrected chi connectivity index (χ4v) is 2.99. The smallest absolute Gasteiger partial charge is 0.407 e. The molecule has 0 aromatic heterocycles.